The lowest BCUT2D eigenvalue weighted by molar-refractivity contribution is -0.385. The molecular weight excluding hydrogens is 327 g/mol. The van der Waals surface area contributed by atoms with Gasteiger partial charge in [-0.15, -0.1) is 0 Å². The third-order valence-corrected chi connectivity index (χ3v) is 3.99. The number of nitro benzene ring substituents is 1. The van der Waals surface area contributed by atoms with Gasteiger partial charge in [0.25, 0.3) is 11.6 Å². The van der Waals surface area contributed by atoms with Gasteiger partial charge < -0.3 is 9.73 Å². The molecule has 0 spiro atoms. The van der Waals surface area contributed by atoms with Crippen LogP contribution in [-0.4, -0.2) is 10.8 Å². The first-order valence-electron chi connectivity index (χ1n) is 7.60. The summed E-state index contributed by atoms with van der Waals surface area (Å²) in [7, 11) is 0. The number of carbonyl (C=O) groups is 1. The van der Waals surface area contributed by atoms with Crippen LogP contribution in [0.3, 0.4) is 0 Å². The minimum Gasteiger partial charge on any atom is -0.459 e. The predicted octanol–water partition coefficient (Wildman–Crippen LogP) is 4.28. The molecule has 7 heteroatoms. The van der Waals surface area contributed by atoms with Gasteiger partial charge in [-0.05, 0) is 32.0 Å². The molecule has 128 valence electrons. The molecular formula is C18H15FN2O4. The van der Waals surface area contributed by atoms with Crippen molar-refractivity contribution in [3.63, 3.8) is 0 Å². The summed E-state index contributed by atoms with van der Waals surface area (Å²) in [6.45, 7) is 3.01. The van der Waals surface area contributed by atoms with Gasteiger partial charge in [-0.1, -0.05) is 18.2 Å². The van der Waals surface area contributed by atoms with Crippen LogP contribution < -0.4 is 5.32 Å². The Morgan fingerprint density at radius 3 is 2.68 bits per heavy atom. The fraction of sp³-hybridized carbons (Fsp3) is 0.167. The summed E-state index contributed by atoms with van der Waals surface area (Å²) >= 11 is 0. The van der Waals surface area contributed by atoms with E-state index in [0.717, 1.165) is 17.5 Å². The van der Waals surface area contributed by atoms with E-state index in [2.05, 4.69) is 5.32 Å². The van der Waals surface area contributed by atoms with Crippen LogP contribution in [0.25, 0.3) is 11.0 Å². The Hall–Kier alpha value is -3.22. The number of hydrogen-bond acceptors (Lipinski definition) is 4. The van der Waals surface area contributed by atoms with E-state index in [1.54, 1.807) is 13.0 Å². The van der Waals surface area contributed by atoms with Crippen LogP contribution in [0.4, 0.5) is 10.1 Å². The molecule has 0 fully saturated rings. The molecule has 6 nitrogen and oxygen atoms in total. The van der Waals surface area contributed by atoms with E-state index < -0.39 is 28.4 Å². The number of halogens is 1. The molecule has 1 amide bonds. The highest BCUT2D eigenvalue weighted by Gasteiger charge is 2.21. The van der Waals surface area contributed by atoms with Crippen molar-refractivity contribution in [1.29, 1.82) is 0 Å². The second kappa shape index (κ2) is 6.35. The maximum absolute atomic E-state index is 13.9. The quantitative estimate of drug-likeness (QED) is 0.566. The maximum Gasteiger partial charge on any atom is 0.276 e. The third kappa shape index (κ3) is 3.21. The number of carbonyl (C=O) groups excluding carboxylic acids is 1. The van der Waals surface area contributed by atoms with Crippen molar-refractivity contribution in [3.05, 3.63) is 75.3 Å². The molecule has 1 heterocycles. The maximum atomic E-state index is 13.9. The van der Waals surface area contributed by atoms with Gasteiger partial charge in [-0.3, -0.25) is 14.9 Å². The molecule has 0 aliphatic heterocycles. The standard InChI is InChI=1S/C18H15FN2O4/c1-10-14(19)7-13(8-15(10)21(23)24)18(22)20-11(2)17-9-12-5-3-4-6-16(12)25-17/h3-9,11H,1-2H3,(H,20,22). The zero-order valence-electron chi connectivity index (χ0n) is 13.6. The van der Waals surface area contributed by atoms with Gasteiger partial charge in [0.2, 0.25) is 0 Å². The van der Waals surface area contributed by atoms with Gasteiger partial charge in [-0.25, -0.2) is 4.39 Å². The zero-order chi connectivity index (χ0) is 18.1. The van der Waals surface area contributed by atoms with Crippen molar-refractivity contribution < 1.29 is 18.5 Å². The van der Waals surface area contributed by atoms with E-state index in [-0.39, 0.29) is 11.1 Å². The van der Waals surface area contributed by atoms with Crippen LogP contribution in [0, 0.1) is 22.9 Å². The first-order chi connectivity index (χ1) is 11.9. The van der Waals surface area contributed by atoms with Gasteiger partial charge in [0.1, 0.15) is 17.2 Å². The van der Waals surface area contributed by atoms with Crippen LogP contribution in [0.5, 0.6) is 0 Å². The lowest BCUT2D eigenvalue weighted by atomic mass is 10.1. The summed E-state index contributed by atoms with van der Waals surface area (Å²) in [5.74, 6) is -0.873. The van der Waals surface area contributed by atoms with E-state index >= 15 is 0 Å². The summed E-state index contributed by atoms with van der Waals surface area (Å²) in [5, 5.41) is 14.5. The van der Waals surface area contributed by atoms with E-state index in [1.807, 2.05) is 24.3 Å². The second-order valence-corrected chi connectivity index (χ2v) is 5.74. The molecule has 1 N–H and O–H groups in total. The Balaban J connectivity index is 1.85. The van der Waals surface area contributed by atoms with Crippen LogP contribution in [0.1, 0.15) is 34.6 Å². The number of nitro groups is 1. The Kier molecular flexibility index (Phi) is 4.22. The number of amides is 1. The van der Waals surface area contributed by atoms with Crippen LogP contribution in [-0.2, 0) is 0 Å². The lowest BCUT2D eigenvalue weighted by Gasteiger charge is -2.12. The Bertz CT molecular complexity index is 947. The summed E-state index contributed by atoms with van der Waals surface area (Å²) < 4.78 is 19.5. The lowest BCUT2D eigenvalue weighted by Crippen LogP contribution is -2.26. The van der Waals surface area contributed by atoms with Gasteiger partial charge in [0, 0.05) is 17.0 Å². The normalized spacial score (nSPS) is 12.1. The fourth-order valence-electron chi connectivity index (χ4n) is 2.55. The largest absolute Gasteiger partial charge is 0.459 e. The van der Waals surface area contributed by atoms with E-state index in [9.17, 15) is 19.3 Å². The van der Waals surface area contributed by atoms with Crippen LogP contribution in [0.15, 0.2) is 46.9 Å². The average molecular weight is 342 g/mol. The van der Waals surface area contributed by atoms with Crippen molar-refractivity contribution in [2.75, 3.05) is 0 Å². The number of furan rings is 1. The second-order valence-electron chi connectivity index (χ2n) is 5.74. The molecule has 25 heavy (non-hydrogen) atoms. The highest BCUT2D eigenvalue weighted by molar-refractivity contribution is 5.95. The van der Waals surface area contributed by atoms with Gasteiger partial charge >= 0.3 is 0 Å². The van der Waals surface area contributed by atoms with Gasteiger partial charge in [0.15, 0.2) is 0 Å². The number of fused-ring (bicyclic) bond motifs is 1. The SMILES string of the molecule is Cc1c(F)cc(C(=O)NC(C)c2cc3ccccc3o2)cc1[N+](=O)[O-]. The molecule has 1 unspecified atom stereocenters. The van der Waals surface area contributed by atoms with E-state index in [1.165, 1.54) is 6.92 Å². The summed E-state index contributed by atoms with van der Waals surface area (Å²) in [6.07, 6.45) is 0. The zero-order valence-corrected chi connectivity index (χ0v) is 13.6. The number of nitrogens with one attached hydrogen (secondary N) is 1. The van der Waals surface area contributed by atoms with Crippen molar-refractivity contribution >= 4 is 22.6 Å². The summed E-state index contributed by atoms with van der Waals surface area (Å²) in [4.78, 5) is 22.6. The minimum atomic E-state index is -0.796. The average Bonchev–Trinajstić information content (AvgIpc) is 3.01. The Morgan fingerprint density at radius 1 is 1.28 bits per heavy atom. The molecule has 0 aliphatic rings. The van der Waals surface area contributed by atoms with Crippen LogP contribution >= 0.6 is 0 Å². The molecule has 0 bridgehead atoms. The Morgan fingerprint density at radius 2 is 2.00 bits per heavy atom. The molecule has 3 aromatic rings. The molecule has 1 atom stereocenters. The van der Waals surface area contributed by atoms with Crippen molar-refractivity contribution in [1.82, 2.24) is 5.32 Å². The number of nitrogens with zero attached hydrogens (tertiary/aromatic N) is 1. The minimum absolute atomic E-state index is 0.105. The van der Waals surface area contributed by atoms with E-state index in [0.29, 0.717) is 11.3 Å². The summed E-state index contributed by atoms with van der Waals surface area (Å²) in [5.41, 5.74) is 0.0433. The number of hydrogen-bond donors (Lipinski definition) is 1. The smallest absolute Gasteiger partial charge is 0.276 e. The first-order valence-corrected chi connectivity index (χ1v) is 7.60. The number of para-hydroxylation sites is 1. The highest BCUT2D eigenvalue weighted by atomic mass is 19.1. The number of benzene rings is 2. The molecule has 0 saturated heterocycles. The van der Waals surface area contributed by atoms with Crippen molar-refractivity contribution in [3.8, 4) is 0 Å². The number of rotatable bonds is 4. The van der Waals surface area contributed by atoms with Gasteiger partial charge in [-0.2, -0.15) is 0 Å². The topological polar surface area (TPSA) is 85.4 Å². The third-order valence-electron chi connectivity index (χ3n) is 3.99. The molecule has 2 aromatic carbocycles. The van der Waals surface area contributed by atoms with Crippen molar-refractivity contribution in [2.45, 2.75) is 19.9 Å². The van der Waals surface area contributed by atoms with Gasteiger partial charge in [0.05, 0.1) is 16.5 Å². The molecule has 0 radical (unpaired) electrons. The Labute approximate surface area is 142 Å². The predicted molar refractivity (Wildman–Crippen MR) is 89.9 cm³/mol. The fourth-order valence-corrected chi connectivity index (χ4v) is 2.55. The first kappa shape index (κ1) is 16.6. The molecule has 3 rings (SSSR count). The molecule has 0 aliphatic carbocycles. The monoisotopic (exact) mass is 342 g/mol. The van der Waals surface area contributed by atoms with Crippen molar-refractivity contribution in [2.24, 2.45) is 0 Å². The van der Waals surface area contributed by atoms with E-state index in [4.69, 9.17) is 4.42 Å². The molecule has 1 aromatic heterocycles. The van der Waals surface area contributed by atoms with Crippen LogP contribution in [0.2, 0.25) is 0 Å². The molecule has 0 saturated carbocycles. The highest BCUT2D eigenvalue weighted by Crippen LogP contribution is 2.25. The summed E-state index contributed by atoms with van der Waals surface area (Å²) in [6, 6.07) is 10.8.